The first-order valence-corrected chi connectivity index (χ1v) is 2.25. The second kappa shape index (κ2) is 4.55. The molecule has 0 aromatic heterocycles. The van der Waals surface area contributed by atoms with E-state index in [-0.39, 0.29) is 18.2 Å². The second-order valence-corrected chi connectivity index (χ2v) is 1.66. The maximum Gasteiger partial charge on any atom is 0.161 e. The van der Waals surface area contributed by atoms with Crippen molar-refractivity contribution < 1.29 is 10.2 Å². The summed E-state index contributed by atoms with van der Waals surface area (Å²) < 4.78 is 0. The van der Waals surface area contributed by atoms with E-state index in [1.165, 1.54) is 6.92 Å². The second-order valence-electron chi connectivity index (χ2n) is 1.66. The van der Waals surface area contributed by atoms with E-state index in [9.17, 15) is 0 Å². The van der Waals surface area contributed by atoms with Crippen molar-refractivity contribution in [1.29, 1.82) is 5.41 Å². The number of nitrogens with one attached hydrogen (secondary N) is 1. The molecule has 0 amide bonds. The monoisotopic (exact) mass is 154 g/mol. The summed E-state index contributed by atoms with van der Waals surface area (Å²) in [6, 6.07) is 0. The van der Waals surface area contributed by atoms with E-state index in [1.807, 2.05) is 0 Å². The van der Waals surface area contributed by atoms with E-state index in [0.29, 0.717) is 0 Å². The van der Waals surface area contributed by atoms with Crippen LogP contribution in [0.15, 0.2) is 0 Å². The third-order valence-electron chi connectivity index (χ3n) is 0.938. The van der Waals surface area contributed by atoms with Crippen molar-refractivity contribution in [3.8, 4) is 0 Å². The molecule has 0 aromatic rings. The summed E-state index contributed by atoms with van der Waals surface area (Å²) in [5.41, 5.74) is 4.90. The molecule has 0 saturated heterocycles. The molecule has 5 N–H and O–H groups in total. The minimum absolute atomic E-state index is 0. The van der Waals surface area contributed by atoms with Crippen LogP contribution in [0.2, 0.25) is 0 Å². The molecule has 5 heteroatoms. The van der Waals surface area contributed by atoms with Crippen molar-refractivity contribution in [2.24, 2.45) is 11.7 Å². The van der Waals surface area contributed by atoms with Gasteiger partial charge in [0.2, 0.25) is 0 Å². The smallest absolute Gasteiger partial charge is 0.161 e. The van der Waals surface area contributed by atoms with Crippen LogP contribution < -0.4 is 5.73 Å². The molecule has 0 saturated carbocycles. The number of aliphatic hydroxyl groups is 2. The zero-order valence-electron chi connectivity index (χ0n) is 5.03. The Kier molecular flexibility index (Phi) is 5.80. The standard InChI is InChI=1S/C4H10N2O2.ClH/c1-2(3(5)6)4(7)8;/h2,4,7-8H,1H3,(H3,5,6);1H. The third kappa shape index (κ3) is 4.20. The molecule has 4 nitrogen and oxygen atoms in total. The van der Waals surface area contributed by atoms with Crippen LogP contribution in [0.5, 0.6) is 0 Å². The Morgan fingerprint density at radius 3 is 1.89 bits per heavy atom. The van der Waals surface area contributed by atoms with Gasteiger partial charge < -0.3 is 15.9 Å². The van der Waals surface area contributed by atoms with Gasteiger partial charge in [-0.2, -0.15) is 0 Å². The van der Waals surface area contributed by atoms with E-state index in [0.717, 1.165) is 0 Å². The molecular formula is C4H11ClN2O2. The largest absolute Gasteiger partial charge is 0.387 e. The molecule has 0 bridgehead atoms. The van der Waals surface area contributed by atoms with Crippen molar-refractivity contribution in [3.05, 3.63) is 0 Å². The summed E-state index contributed by atoms with van der Waals surface area (Å²) >= 11 is 0. The van der Waals surface area contributed by atoms with Gasteiger partial charge in [-0.1, -0.05) is 6.92 Å². The van der Waals surface area contributed by atoms with Crippen molar-refractivity contribution in [2.75, 3.05) is 0 Å². The Morgan fingerprint density at radius 1 is 1.56 bits per heavy atom. The average molecular weight is 155 g/mol. The van der Waals surface area contributed by atoms with Gasteiger partial charge in [-0.05, 0) is 0 Å². The molecule has 0 aliphatic rings. The minimum Gasteiger partial charge on any atom is -0.387 e. The molecule has 0 radical (unpaired) electrons. The van der Waals surface area contributed by atoms with Crippen LogP contribution in [-0.2, 0) is 0 Å². The lowest BCUT2D eigenvalue weighted by Gasteiger charge is -2.09. The van der Waals surface area contributed by atoms with E-state index in [2.05, 4.69) is 0 Å². The molecule has 0 aliphatic carbocycles. The Hall–Kier alpha value is -0.320. The first-order chi connectivity index (χ1) is 3.55. The van der Waals surface area contributed by atoms with Gasteiger partial charge in [0, 0.05) is 0 Å². The van der Waals surface area contributed by atoms with E-state index in [4.69, 9.17) is 21.4 Å². The molecule has 0 fully saturated rings. The summed E-state index contributed by atoms with van der Waals surface area (Å²) in [4.78, 5) is 0. The van der Waals surface area contributed by atoms with Crippen LogP contribution in [0.25, 0.3) is 0 Å². The zero-order valence-corrected chi connectivity index (χ0v) is 5.85. The van der Waals surface area contributed by atoms with Crippen LogP contribution in [-0.4, -0.2) is 22.3 Å². The molecule has 0 aromatic carbocycles. The molecule has 9 heavy (non-hydrogen) atoms. The number of hydrogen-bond acceptors (Lipinski definition) is 3. The number of aliphatic hydroxyl groups excluding tert-OH is 1. The SMILES string of the molecule is CC(C(=N)N)C(O)O.Cl. The molecule has 1 atom stereocenters. The van der Waals surface area contributed by atoms with Crippen molar-refractivity contribution in [2.45, 2.75) is 13.2 Å². The van der Waals surface area contributed by atoms with Crippen LogP contribution in [0.4, 0.5) is 0 Å². The van der Waals surface area contributed by atoms with Crippen molar-refractivity contribution in [3.63, 3.8) is 0 Å². The predicted molar refractivity (Wildman–Crippen MR) is 36.6 cm³/mol. The van der Waals surface area contributed by atoms with Crippen LogP contribution >= 0.6 is 12.4 Å². The molecule has 0 spiro atoms. The van der Waals surface area contributed by atoms with Crippen molar-refractivity contribution >= 4 is 18.2 Å². The molecule has 1 unspecified atom stereocenters. The van der Waals surface area contributed by atoms with Gasteiger partial charge in [-0.3, -0.25) is 5.41 Å². The first kappa shape index (κ1) is 11.5. The Bertz CT molecular complexity index is 96.6. The quantitative estimate of drug-likeness (QED) is 0.241. The highest BCUT2D eigenvalue weighted by Gasteiger charge is 2.11. The van der Waals surface area contributed by atoms with Crippen molar-refractivity contribution in [1.82, 2.24) is 0 Å². The summed E-state index contributed by atoms with van der Waals surface area (Å²) in [6.07, 6.45) is -1.51. The Labute approximate surface area is 59.6 Å². The highest BCUT2D eigenvalue weighted by Crippen LogP contribution is 1.96. The first-order valence-electron chi connectivity index (χ1n) is 2.25. The zero-order chi connectivity index (χ0) is 6.73. The summed E-state index contributed by atoms with van der Waals surface area (Å²) in [5.74, 6) is -0.866. The maximum atomic E-state index is 8.33. The molecular weight excluding hydrogens is 144 g/mol. The summed E-state index contributed by atoms with van der Waals surface area (Å²) in [5, 5.41) is 23.3. The molecule has 0 rings (SSSR count). The number of halogens is 1. The number of rotatable bonds is 2. The van der Waals surface area contributed by atoms with Gasteiger partial charge >= 0.3 is 0 Å². The fraction of sp³-hybridized carbons (Fsp3) is 0.750. The third-order valence-corrected chi connectivity index (χ3v) is 0.938. The number of amidine groups is 1. The summed E-state index contributed by atoms with van der Waals surface area (Å²) in [7, 11) is 0. The molecule has 56 valence electrons. The predicted octanol–water partition coefficient (Wildman–Crippen LogP) is -0.709. The maximum absolute atomic E-state index is 8.33. The molecule has 0 aliphatic heterocycles. The average Bonchev–Trinajstić information content (AvgIpc) is 1.64. The van der Waals surface area contributed by atoms with Gasteiger partial charge in [0.15, 0.2) is 6.29 Å². The van der Waals surface area contributed by atoms with Crippen LogP contribution in [0.3, 0.4) is 0 Å². The highest BCUT2D eigenvalue weighted by atomic mass is 35.5. The summed E-state index contributed by atoms with van der Waals surface area (Å²) in [6.45, 7) is 1.47. The van der Waals surface area contributed by atoms with Crippen LogP contribution in [0.1, 0.15) is 6.92 Å². The van der Waals surface area contributed by atoms with Gasteiger partial charge in [0.05, 0.1) is 11.8 Å². The normalized spacial score (nSPS) is 12.4. The lowest BCUT2D eigenvalue weighted by Crippen LogP contribution is -2.30. The Balaban J connectivity index is 0. The van der Waals surface area contributed by atoms with Gasteiger partial charge in [0.25, 0.3) is 0 Å². The number of hydrogen-bond donors (Lipinski definition) is 4. The number of nitrogens with two attached hydrogens (primary N) is 1. The Morgan fingerprint density at radius 2 is 1.89 bits per heavy atom. The minimum atomic E-state index is -1.51. The topological polar surface area (TPSA) is 90.3 Å². The van der Waals surface area contributed by atoms with E-state index < -0.39 is 12.2 Å². The lowest BCUT2D eigenvalue weighted by molar-refractivity contribution is -0.0603. The fourth-order valence-corrected chi connectivity index (χ4v) is 0.161. The van der Waals surface area contributed by atoms with E-state index in [1.54, 1.807) is 0 Å². The highest BCUT2D eigenvalue weighted by molar-refractivity contribution is 5.85. The van der Waals surface area contributed by atoms with Gasteiger partial charge in [-0.25, -0.2) is 0 Å². The van der Waals surface area contributed by atoms with Gasteiger partial charge in [0.1, 0.15) is 0 Å². The van der Waals surface area contributed by atoms with Gasteiger partial charge in [-0.15, -0.1) is 12.4 Å². The van der Waals surface area contributed by atoms with E-state index >= 15 is 0 Å². The fourth-order valence-electron chi connectivity index (χ4n) is 0.161. The van der Waals surface area contributed by atoms with Crippen LogP contribution in [0, 0.1) is 11.3 Å². The molecule has 0 heterocycles. The lowest BCUT2D eigenvalue weighted by atomic mass is 10.1.